The monoisotopic (exact) mass is 363 g/mol. The van der Waals surface area contributed by atoms with Crippen LogP contribution in [0.4, 0.5) is 0 Å². The van der Waals surface area contributed by atoms with Crippen molar-refractivity contribution in [1.82, 2.24) is 4.90 Å². The number of nitrogens with zero attached hydrogens (tertiary/aromatic N) is 1. The molecular weight excluding hydrogens is 334 g/mol. The van der Waals surface area contributed by atoms with Gasteiger partial charge in [0.25, 0.3) is 0 Å². The summed E-state index contributed by atoms with van der Waals surface area (Å²) >= 11 is 0. The van der Waals surface area contributed by atoms with Gasteiger partial charge in [0.05, 0.1) is 5.75 Å². The van der Waals surface area contributed by atoms with Crippen LogP contribution in [0.1, 0.15) is 56.9 Å². The summed E-state index contributed by atoms with van der Waals surface area (Å²) in [5, 5.41) is 0. The molecule has 0 aromatic heterocycles. The molecule has 2 aliphatic carbocycles. The first-order valence-corrected chi connectivity index (χ1v) is 11.5. The molecule has 0 radical (unpaired) electrons. The van der Waals surface area contributed by atoms with Crippen molar-refractivity contribution in [3.63, 3.8) is 0 Å². The fourth-order valence-electron chi connectivity index (χ4n) is 4.24. The highest BCUT2D eigenvalue weighted by molar-refractivity contribution is 7.90. The zero-order chi connectivity index (χ0) is 18.0. The summed E-state index contributed by atoms with van der Waals surface area (Å²) in [6.45, 7) is 1.88. The lowest BCUT2D eigenvalue weighted by atomic mass is 9.78. The van der Waals surface area contributed by atoms with E-state index >= 15 is 0 Å². The van der Waals surface area contributed by atoms with Gasteiger partial charge in [-0.15, -0.1) is 0 Å². The number of benzene rings is 1. The number of carbonyl (C=O) groups is 1. The molecule has 1 atom stereocenters. The standard InChI is InChI=1S/C20H29NO3S/c1-15(14-25(2,23)24)21(19-12-13-19)20(22)18-10-8-17(9-11-18)16-6-4-3-5-7-16/h3-7,15,17-19H,8-14H2,1-2H3. The lowest BCUT2D eigenvalue weighted by Crippen LogP contribution is -2.47. The zero-order valence-corrected chi connectivity index (χ0v) is 16.0. The van der Waals surface area contributed by atoms with E-state index in [0.29, 0.717) is 5.92 Å². The van der Waals surface area contributed by atoms with Gasteiger partial charge >= 0.3 is 0 Å². The minimum Gasteiger partial charge on any atom is -0.336 e. The molecule has 2 saturated carbocycles. The van der Waals surface area contributed by atoms with Gasteiger partial charge in [-0.1, -0.05) is 30.3 Å². The molecule has 4 nitrogen and oxygen atoms in total. The molecule has 2 fully saturated rings. The maximum atomic E-state index is 13.1. The van der Waals surface area contributed by atoms with Crippen LogP contribution < -0.4 is 0 Å². The second-order valence-corrected chi connectivity index (χ2v) is 10.1. The van der Waals surface area contributed by atoms with Crippen LogP contribution in [0.15, 0.2) is 30.3 Å². The largest absolute Gasteiger partial charge is 0.336 e. The van der Waals surface area contributed by atoms with Gasteiger partial charge in [0.1, 0.15) is 9.84 Å². The van der Waals surface area contributed by atoms with Crippen molar-refractivity contribution >= 4 is 15.7 Å². The second-order valence-electron chi connectivity index (χ2n) is 7.88. The molecule has 25 heavy (non-hydrogen) atoms. The molecule has 0 saturated heterocycles. The normalized spacial score (nSPS) is 25.4. The predicted octanol–water partition coefficient (Wildman–Crippen LogP) is 3.38. The van der Waals surface area contributed by atoms with Crippen molar-refractivity contribution in [2.45, 2.75) is 63.5 Å². The van der Waals surface area contributed by atoms with E-state index in [0.717, 1.165) is 38.5 Å². The first-order chi connectivity index (χ1) is 11.8. The van der Waals surface area contributed by atoms with Crippen molar-refractivity contribution in [2.24, 2.45) is 5.92 Å². The van der Waals surface area contributed by atoms with E-state index in [9.17, 15) is 13.2 Å². The van der Waals surface area contributed by atoms with E-state index in [4.69, 9.17) is 0 Å². The van der Waals surface area contributed by atoms with Crippen molar-refractivity contribution in [1.29, 1.82) is 0 Å². The van der Waals surface area contributed by atoms with Crippen LogP contribution in [-0.4, -0.2) is 43.3 Å². The van der Waals surface area contributed by atoms with Gasteiger partial charge < -0.3 is 4.90 Å². The minimum atomic E-state index is -3.08. The molecule has 0 N–H and O–H groups in total. The fourth-order valence-corrected chi connectivity index (χ4v) is 5.27. The summed E-state index contributed by atoms with van der Waals surface area (Å²) in [5.41, 5.74) is 1.37. The van der Waals surface area contributed by atoms with Crippen LogP contribution in [0.25, 0.3) is 0 Å². The summed E-state index contributed by atoms with van der Waals surface area (Å²) in [6, 6.07) is 10.6. The molecule has 1 unspecified atom stereocenters. The SMILES string of the molecule is CC(CS(C)(=O)=O)N(C(=O)C1CCC(c2ccccc2)CC1)C1CC1. The number of hydrogen-bond donors (Lipinski definition) is 0. The Bertz CT molecular complexity index is 689. The van der Waals surface area contributed by atoms with Crippen molar-refractivity contribution in [3.8, 4) is 0 Å². The maximum Gasteiger partial charge on any atom is 0.226 e. The Hall–Kier alpha value is -1.36. The molecule has 1 amide bonds. The highest BCUT2D eigenvalue weighted by Crippen LogP contribution is 2.38. The van der Waals surface area contributed by atoms with Crippen molar-refractivity contribution in [3.05, 3.63) is 35.9 Å². The Labute approximate surface area is 151 Å². The Balaban J connectivity index is 1.62. The van der Waals surface area contributed by atoms with E-state index < -0.39 is 9.84 Å². The molecule has 0 heterocycles. The first-order valence-electron chi connectivity index (χ1n) is 9.40. The van der Waals surface area contributed by atoms with Gasteiger partial charge in [0.15, 0.2) is 0 Å². The van der Waals surface area contributed by atoms with E-state index in [1.807, 2.05) is 17.9 Å². The molecule has 0 spiro atoms. The Morgan fingerprint density at radius 2 is 1.68 bits per heavy atom. The van der Waals surface area contributed by atoms with Crippen molar-refractivity contribution in [2.75, 3.05) is 12.0 Å². The maximum absolute atomic E-state index is 13.1. The van der Waals surface area contributed by atoms with Crippen LogP contribution in [0.2, 0.25) is 0 Å². The van der Waals surface area contributed by atoms with Gasteiger partial charge in [-0.05, 0) is 56.9 Å². The van der Waals surface area contributed by atoms with Crippen LogP contribution in [0.3, 0.4) is 0 Å². The molecule has 2 aliphatic rings. The highest BCUT2D eigenvalue weighted by Gasteiger charge is 2.40. The smallest absolute Gasteiger partial charge is 0.226 e. The quantitative estimate of drug-likeness (QED) is 0.778. The first kappa shape index (κ1) is 18.4. The van der Waals surface area contributed by atoms with Crippen LogP contribution in [-0.2, 0) is 14.6 Å². The summed E-state index contributed by atoms with van der Waals surface area (Å²) < 4.78 is 23.3. The number of carbonyl (C=O) groups excluding carboxylic acids is 1. The Morgan fingerprint density at radius 3 is 2.20 bits per heavy atom. The van der Waals surface area contributed by atoms with E-state index in [-0.39, 0.29) is 29.7 Å². The molecule has 0 aliphatic heterocycles. The van der Waals surface area contributed by atoms with Gasteiger partial charge in [0, 0.05) is 24.3 Å². The third-order valence-electron chi connectivity index (χ3n) is 5.56. The third kappa shape index (κ3) is 4.84. The third-order valence-corrected chi connectivity index (χ3v) is 6.65. The summed E-state index contributed by atoms with van der Waals surface area (Å²) in [6.07, 6.45) is 7.18. The summed E-state index contributed by atoms with van der Waals surface area (Å²) in [4.78, 5) is 15.0. The van der Waals surface area contributed by atoms with Crippen LogP contribution >= 0.6 is 0 Å². The molecule has 1 aromatic carbocycles. The fraction of sp³-hybridized carbons (Fsp3) is 0.650. The average molecular weight is 364 g/mol. The topological polar surface area (TPSA) is 54.5 Å². The number of rotatable bonds is 6. The molecule has 1 aromatic rings. The predicted molar refractivity (Wildman–Crippen MR) is 100 cm³/mol. The van der Waals surface area contributed by atoms with Crippen LogP contribution in [0, 0.1) is 5.92 Å². The van der Waals surface area contributed by atoms with E-state index in [1.54, 1.807) is 0 Å². The molecule has 0 bridgehead atoms. The van der Waals surface area contributed by atoms with Gasteiger partial charge in [-0.2, -0.15) is 0 Å². The molecule has 5 heteroatoms. The van der Waals surface area contributed by atoms with E-state index in [1.165, 1.54) is 11.8 Å². The summed E-state index contributed by atoms with van der Waals surface area (Å²) in [5.74, 6) is 0.856. The number of sulfone groups is 1. The van der Waals surface area contributed by atoms with Gasteiger partial charge in [-0.25, -0.2) is 8.42 Å². The van der Waals surface area contributed by atoms with E-state index in [2.05, 4.69) is 24.3 Å². The Morgan fingerprint density at radius 1 is 1.08 bits per heavy atom. The lowest BCUT2D eigenvalue weighted by Gasteiger charge is -2.35. The molecule has 3 rings (SSSR count). The second kappa shape index (κ2) is 7.48. The summed E-state index contributed by atoms with van der Waals surface area (Å²) in [7, 11) is -3.08. The van der Waals surface area contributed by atoms with Gasteiger partial charge in [-0.3, -0.25) is 4.79 Å². The molecule has 138 valence electrons. The minimum absolute atomic E-state index is 0.0579. The average Bonchev–Trinajstić information content (AvgIpc) is 3.39. The van der Waals surface area contributed by atoms with Crippen molar-refractivity contribution < 1.29 is 13.2 Å². The lowest BCUT2D eigenvalue weighted by molar-refractivity contribution is -0.139. The zero-order valence-electron chi connectivity index (χ0n) is 15.2. The number of hydrogen-bond acceptors (Lipinski definition) is 3. The number of amides is 1. The highest BCUT2D eigenvalue weighted by atomic mass is 32.2. The Kier molecular flexibility index (Phi) is 5.52. The van der Waals surface area contributed by atoms with Crippen LogP contribution in [0.5, 0.6) is 0 Å². The molecular formula is C20H29NO3S. The van der Waals surface area contributed by atoms with Gasteiger partial charge in [0.2, 0.25) is 5.91 Å².